The Labute approximate surface area is 299 Å². The van der Waals surface area contributed by atoms with E-state index in [0.29, 0.717) is 13.2 Å². The Morgan fingerprint density at radius 3 is 1.14 bits per heavy atom. The number of benzene rings is 6. The number of rotatable bonds is 4. The molecule has 10 rings (SSSR count). The number of hydrogen-bond acceptors (Lipinski definition) is 4. The topological polar surface area (TPSA) is 43.2 Å². The molecule has 0 saturated carbocycles. The van der Waals surface area contributed by atoms with Gasteiger partial charge < -0.3 is 9.47 Å². The number of fused-ring (bicyclic) bond motifs is 10. The van der Waals surface area contributed by atoms with Crippen molar-refractivity contribution in [2.24, 2.45) is 9.98 Å². The molecule has 0 radical (unpaired) electrons. The van der Waals surface area contributed by atoms with Gasteiger partial charge in [-0.2, -0.15) is 0 Å². The normalized spacial score (nSPS) is 17.9. The van der Waals surface area contributed by atoms with Crippen LogP contribution in [0.1, 0.15) is 61.1 Å². The first-order valence-corrected chi connectivity index (χ1v) is 17.9. The minimum Gasteiger partial charge on any atom is -0.475 e. The van der Waals surface area contributed by atoms with E-state index in [1.807, 2.05) is 0 Å². The Morgan fingerprint density at radius 1 is 0.392 bits per heavy atom. The second-order valence-corrected chi connectivity index (χ2v) is 15.6. The highest BCUT2D eigenvalue weighted by molar-refractivity contribution is 5.99. The van der Waals surface area contributed by atoms with Gasteiger partial charge in [0.15, 0.2) is 0 Å². The maximum Gasteiger partial charge on any atom is 0.216 e. The lowest BCUT2D eigenvalue weighted by molar-refractivity contribution is 0.279. The molecule has 0 amide bonds. The van der Waals surface area contributed by atoms with Crippen LogP contribution in [0.3, 0.4) is 0 Å². The van der Waals surface area contributed by atoms with Crippen molar-refractivity contribution in [2.75, 3.05) is 13.2 Å². The molecule has 0 atom stereocenters. The van der Waals surface area contributed by atoms with Gasteiger partial charge in [-0.05, 0) is 131 Å². The van der Waals surface area contributed by atoms with Crippen LogP contribution in [0, 0.1) is 0 Å². The molecule has 0 N–H and O–H groups in total. The molecule has 2 aliphatic carbocycles. The highest BCUT2D eigenvalue weighted by Crippen LogP contribution is 2.63. The summed E-state index contributed by atoms with van der Waals surface area (Å²) in [6.07, 6.45) is 0. The van der Waals surface area contributed by atoms with Crippen molar-refractivity contribution in [3.05, 3.63) is 167 Å². The van der Waals surface area contributed by atoms with Gasteiger partial charge in [0.1, 0.15) is 13.2 Å². The van der Waals surface area contributed by atoms with Crippen LogP contribution >= 0.6 is 0 Å². The smallest absolute Gasteiger partial charge is 0.216 e. The number of nitrogens with zero attached hydrogens (tertiary/aromatic N) is 2. The van der Waals surface area contributed by atoms with Crippen molar-refractivity contribution >= 4 is 11.8 Å². The van der Waals surface area contributed by atoms with Crippen LogP contribution in [-0.4, -0.2) is 36.1 Å². The lowest BCUT2D eigenvalue weighted by Crippen LogP contribution is -2.26. The molecular weight excluding hydrogens is 625 g/mol. The van der Waals surface area contributed by atoms with Crippen molar-refractivity contribution < 1.29 is 9.47 Å². The summed E-state index contributed by atoms with van der Waals surface area (Å²) in [7, 11) is 0. The molecular formula is C47H38N2O2. The predicted octanol–water partition coefficient (Wildman–Crippen LogP) is 10.5. The maximum absolute atomic E-state index is 5.94. The molecule has 6 aromatic carbocycles. The Balaban J connectivity index is 1.13. The zero-order valence-electron chi connectivity index (χ0n) is 29.3. The third-order valence-electron chi connectivity index (χ3n) is 11.0. The first-order valence-electron chi connectivity index (χ1n) is 17.9. The van der Waals surface area contributed by atoms with Crippen LogP contribution in [0.4, 0.5) is 0 Å². The van der Waals surface area contributed by atoms with E-state index in [9.17, 15) is 0 Å². The third kappa shape index (κ3) is 4.52. The lowest BCUT2D eigenvalue weighted by atomic mass is 9.70. The summed E-state index contributed by atoms with van der Waals surface area (Å²) in [5.74, 6) is 1.45. The van der Waals surface area contributed by atoms with Crippen LogP contribution < -0.4 is 0 Å². The summed E-state index contributed by atoms with van der Waals surface area (Å²) < 4.78 is 11.9. The number of ether oxygens (including phenoxy) is 2. The fraction of sp³-hybridized carbons (Fsp3) is 0.191. The third-order valence-corrected chi connectivity index (χ3v) is 11.0. The summed E-state index contributed by atoms with van der Waals surface area (Å²) in [6.45, 7) is 9.63. The Bertz CT molecular complexity index is 2290. The molecule has 2 heterocycles. The lowest BCUT2D eigenvalue weighted by Gasteiger charge is -2.31. The van der Waals surface area contributed by atoms with E-state index in [1.54, 1.807) is 0 Å². The minimum absolute atomic E-state index is 0.189. The van der Waals surface area contributed by atoms with Gasteiger partial charge in [0.25, 0.3) is 0 Å². The van der Waals surface area contributed by atoms with Gasteiger partial charge in [0.2, 0.25) is 11.8 Å². The maximum atomic E-state index is 5.94. The van der Waals surface area contributed by atoms with Crippen LogP contribution in [0.5, 0.6) is 0 Å². The van der Waals surface area contributed by atoms with E-state index >= 15 is 0 Å². The first-order chi connectivity index (χ1) is 24.7. The molecule has 4 aliphatic rings. The first kappa shape index (κ1) is 30.1. The second kappa shape index (κ2) is 10.6. The largest absolute Gasteiger partial charge is 0.475 e. The zero-order valence-corrected chi connectivity index (χ0v) is 29.3. The van der Waals surface area contributed by atoms with E-state index < -0.39 is 5.41 Å². The van der Waals surface area contributed by atoms with Crippen LogP contribution in [0.15, 0.2) is 143 Å². The average Bonchev–Trinajstić information content (AvgIpc) is 3.88. The summed E-state index contributed by atoms with van der Waals surface area (Å²) in [4.78, 5) is 9.59. The molecule has 51 heavy (non-hydrogen) atoms. The highest BCUT2D eigenvalue weighted by Gasteiger charge is 2.51. The van der Waals surface area contributed by atoms with Crippen molar-refractivity contribution in [1.29, 1.82) is 0 Å². The Morgan fingerprint density at radius 2 is 0.745 bits per heavy atom. The van der Waals surface area contributed by atoms with Crippen LogP contribution in [-0.2, 0) is 14.9 Å². The second-order valence-electron chi connectivity index (χ2n) is 15.6. The molecule has 6 aromatic rings. The molecule has 248 valence electrons. The monoisotopic (exact) mass is 662 g/mol. The fourth-order valence-corrected chi connectivity index (χ4v) is 8.57. The van der Waals surface area contributed by atoms with Crippen LogP contribution in [0.25, 0.3) is 44.5 Å². The molecule has 4 heteroatoms. The summed E-state index contributed by atoms with van der Waals surface area (Å²) >= 11 is 0. The summed E-state index contributed by atoms with van der Waals surface area (Å²) in [6, 6.07) is 49.4. The van der Waals surface area contributed by atoms with Crippen molar-refractivity contribution in [3.8, 4) is 44.5 Å². The average molecular weight is 663 g/mol. The van der Waals surface area contributed by atoms with Gasteiger partial charge >= 0.3 is 0 Å². The van der Waals surface area contributed by atoms with E-state index in [0.717, 1.165) is 22.9 Å². The summed E-state index contributed by atoms with van der Waals surface area (Å²) in [5.41, 5.74) is 16.4. The molecule has 0 saturated heterocycles. The van der Waals surface area contributed by atoms with E-state index in [1.165, 1.54) is 66.8 Å². The van der Waals surface area contributed by atoms with Gasteiger partial charge in [0.05, 0.1) is 16.5 Å². The quantitative estimate of drug-likeness (QED) is 0.188. The molecule has 0 unspecified atom stereocenters. The Kier molecular flexibility index (Phi) is 6.28. The van der Waals surface area contributed by atoms with Gasteiger partial charge in [-0.3, -0.25) is 0 Å². The van der Waals surface area contributed by atoms with Crippen molar-refractivity contribution in [1.82, 2.24) is 0 Å². The van der Waals surface area contributed by atoms with Gasteiger partial charge in [-0.25, -0.2) is 9.98 Å². The number of hydrogen-bond donors (Lipinski definition) is 0. The van der Waals surface area contributed by atoms with E-state index in [4.69, 9.17) is 19.5 Å². The van der Waals surface area contributed by atoms with Gasteiger partial charge in [-0.1, -0.05) is 97.1 Å². The SMILES string of the molecule is CC1(C)COC(c2ccc(-c3ccc4c(c3)C3(c5ccccc5-c5ccccc53)c3cc(-c5ccc(C6=NC(C)(C)CO6)cc5)ccc3-4)cc2)=N1. The van der Waals surface area contributed by atoms with Crippen molar-refractivity contribution in [3.63, 3.8) is 0 Å². The fourth-order valence-electron chi connectivity index (χ4n) is 8.57. The standard InChI is InChI=1S/C47H38N2O2/c1-45(2)27-50-43(48-45)31-17-13-29(14-18-31)33-21-23-37-38-24-22-34(30-15-19-32(20-16-30)44-49-46(3,4)28-51-44)26-42(38)47(41(37)25-33)39-11-7-5-9-35(39)36-10-6-8-12-40(36)47/h5-26H,27-28H2,1-4H3. The molecule has 0 aromatic heterocycles. The van der Waals surface area contributed by atoms with E-state index in [2.05, 4.69) is 161 Å². The summed E-state index contributed by atoms with van der Waals surface area (Å²) in [5, 5.41) is 0. The molecule has 0 fully saturated rings. The molecule has 4 nitrogen and oxygen atoms in total. The molecule has 1 spiro atoms. The zero-order chi connectivity index (χ0) is 34.5. The van der Waals surface area contributed by atoms with E-state index in [-0.39, 0.29) is 11.1 Å². The van der Waals surface area contributed by atoms with Crippen LogP contribution in [0.2, 0.25) is 0 Å². The highest BCUT2D eigenvalue weighted by atomic mass is 16.5. The predicted molar refractivity (Wildman–Crippen MR) is 207 cm³/mol. The minimum atomic E-state index is -0.445. The Hall–Kier alpha value is -5.74. The van der Waals surface area contributed by atoms with Gasteiger partial charge in [0, 0.05) is 11.1 Å². The van der Waals surface area contributed by atoms with Crippen molar-refractivity contribution in [2.45, 2.75) is 44.2 Å². The number of aliphatic imine (C=N–C) groups is 2. The van der Waals surface area contributed by atoms with Gasteiger partial charge in [-0.15, -0.1) is 0 Å². The molecule has 2 aliphatic heterocycles. The molecule has 0 bridgehead atoms.